The number of carbonyl (C=O) groups is 1. The summed E-state index contributed by atoms with van der Waals surface area (Å²) >= 11 is 3.32. The molecule has 0 aliphatic rings. The van der Waals surface area contributed by atoms with E-state index in [1.165, 1.54) is 0 Å². The third-order valence-electron chi connectivity index (χ3n) is 3.01. The number of amides is 1. The van der Waals surface area contributed by atoms with Crippen molar-refractivity contribution in [3.05, 3.63) is 58.6 Å². The average Bonchev–Trinajstić information content (AvgIpc) is 2.51. The Hall–Kier alpha value is -2.32. The fourth-order valence-corrected chi connectivity index (χ4v) is 2.31. The van der Waals surface area contributed by atoms with Crippen LogP contribution in [0.15, 0.2) is 53.0 Å². The van der Waals surface area contributed by atoms with E-state index in [2.05, 4.69) is 22.0 Å². The molecular weight excluding hydrogens is 330 g/mol. The van der Waals surface area contributed by atoms with E-state index in [-0.39, 0.29) is 12.3 Å². The number of nitrogen functional groups attached to an aromatic ring is 1. The number of nitrogens with two attached hydrogens (primary N) is 1. The SMILES string of the molecule is N#CCCN(C(=O)c1ccc(N)c(Br)c1)c1ccccc1. The topological polar surface area (TPSA) is 70.1 Å². The molecule has 0 saturated heterocycles. The van der Waals surface area contributed by atoms with Crippen LogP contribution in [0.1, 0.15) is 16.8 Å². The molecule has 2 rings (SSSR count). The third kappa shape index (κ3) is 3.61. The first-order valence-corrected chi connectivity index (χ1v) is 7.21. The van der Waals surface area contributed by atoms with Crippen molar-refractivity contribution in [2.45, 2.75) is 6.42 Å². The van der Waals surface area contributed by atoms with Crippen LogP contribution in [0.3, 0.4) is 0 Å². The van der Waals surface area contributed by atoms with Gasteiger partial charge in [-0.1, -0.05) is 18.2 Å². The summed E-state index contributed by atoms with van der Waals surface area (Å²) in [6.07, 6.45) is 0.275. The second kappa shape index (κ2) is 6.91. The van der Waals surface area contributed by atoms with Gasteiger partial charge in [0.25, 0.3) is 5.91 Å². The molecule has 0 bridgehead atoms. The molecule has 106 valence electrons. The van der Waals surface area contributed by atoms with E-state index in [4.69, 9.17) is 11.0 Å². The van der Waals surface area contributed by atoms with Crippen LogP contribution in [0.25, 0.3) is 0 Å². The number of halogens is 1. The molecule has 4 nitrogen and oxygen atoms in total. The Morgan fingerprint density at radius 1 is 1.24 bits per heavy atom. The number of hydrogen-bond donors (Lipinski definition) is 1. The van der Waals surface area contributed by atoms with Crippen molar-refractivity contribution in [2.75, 3.05) is 17.2 Å². The number of hydrogen-bond acceptors (Lipinski definition) is 3. The average molecular weight is 344 g/mol. The fourth-order valence-electron chi connectivity index (χ4n) is 1.93. The van der Waals surface area contributed by atoms with E-state index in [1.54, 1.807) is 23.1 Å². The summed E-state index contributed by atoms with van der Waals surface area (Å²) in [6.45, 7) is 0.349. The molecule has 0 spiro atoms. The first-order valence-electron chi connectivity index (χ1n) is 6.42. The molecule has 0 heterocycles. The first-order chi connectivity index (χ1) is 10.1. The zero-order chi connectivity index (χ0) is 15.2. The number of anilines is 2. The van der Waals surface area contributed by atoms with E-state index in [0.717, 1.165) is 5.69 Å². The Bertz CT molecular complexity index is 680. The Morgan fingerprint density at radius 2 is 1.95 bits per heavy atom. The molecule has 0 aromatic heterocycles. The van der Waals surface area contributed by atoms with Crippen LogP contribution >= 0.6 is 15.9 Å². The molecule has 1 amide bonds. The fraction of sp³-hybridized carbons (Fsp3) is 0.125. The van der Waals surface area contributed by atoms with Gasteiger partial charge < -0.3 is 10.6 Å². The van der Waals surface area contributed by atoms with Crippen molar-refractivity contribution in [1.29, 1.82) is 5.26 Å². The van der Waals surface area contributed by atoms with Crippen molar-refractivity contribution >= 4 is 33.2 Å². The van der Waals surface area contributed by atoms with Crippen molar-refractivity contribution < 1.29 is 4.79 Å². The smallest absolute Gasteiger partial charge is 0.258 e. The zero-order valence-electron chi connectivity index (χ0n) is 11.3. The van der Waals surface area contributed by atoms with Crippen molar-refractivity contribution in [2.24, 2.45) is 0 Å². The number of rotatable bonds is 4. The maximum absolute atomic E-state index is 12.7. The van der Waals surface area contributed by atoms with Gasteiger partial charge in [0.05, 0.1) is 12.5 Å². The van der Waals surface area contributed by atoms with Crippen LogP contribution in [0.5, 0.6) is 0 Å². The minimum atomic E-state index is -0.155. The van der Waals surface area contributed by atoms with Gasteiger partial charge in [0, 0.05) is 28.0 Å². The van der Waals surface area contributed by atoms with E-state index in [1.807, 2.05) is 30.3 Å². The summed E-state index contributed by atoms with van der Waals surface area (Å²) in [4.78, 5) is 14.3. The molecule has 5 heteroatoms. The Labute approximate surface area is 131 Å². The molecular formula is C16H14BrN3O. The lowest BCUT2D eigenvalue weighted by Gasteiger charge is -2.22. The Kier molecular flexibility index (Phi) is 4.96. The number of para-hydroxylation sites is 1. The summed E-state index contributed by atoms with van der Waals surface area (Å²) in [5, 5.41) is 8.78. The highest BCUT2D eigenvalue weighted by Gasteiger charge is 2.17. The predicted molar refractivity (Wildman–Crippen MR) is 86.9 cm³/mol. The van der Waals surface area contributed by atoms with Gasteiger partial charge in [-0.15, -0.1) is 0 Å². The van der Waals surface area contributed by atoms with Crippen molar-refractivity contribution in [3.63, 3.8) is 0 Å². The van der Waals surface area contributed by atoms with Crippen LogP contribution in [0.4, 0.5) is 11.4 Å². The van der Waals surface area contributed by atoms with Crippen molar-refractivity contribution in [1.82, 2.24) is 0 Å². The van der Waals surface area contributed by atoms with Crippen LogP contribution < -0.4 is 10.6 Å². The molecule has 21 heavy (non-hydrogen) atoms. The summed E-state index contributed by atoms with van der Waals surface area (Å²) < 4.78 is 0.682. The number of benzene rings is 2. The predicted octanol–water partition coefficient (Wildman–Crippen LogP) is 3.59. The summed E-state index contributed by atoms with van der Waals surface area (Å²) in [5.41, 5.74) is 7.61. The van der Waals surface area contributed by atoms with E-state index >= 15 is 0 Å². The third-order valence-corrected chi connectivity index (χ3v) is 3.69. The lowest BCUT2D eigenvalue weighted by atomic mass is 10.1. The maximum atomic E-state index is 12.7. The van der Waals surface area contributed by atoms with Gasteiger partial charge in [0.15, 0.2) is 0 Å². The molecule has 0 aliphatic heterocycles. The van der Waals surface area contributed by atoms with E-state index in [0.29, 0.717) is 22.3 Å². The molecule has 2 aromatic carbocycles. The molecule has 2 aromatic rings. The Morgan fingerprint density at radius 3 is 2.57 bits per heavy atom. The first kappa shape index (κ1) is 15.1. The maximum Gasteiger partial charge on any atom is 0.258 e. The molecule has 0 radical (unpaired) electrons. The molecule has 0 aliphatic carbocycles. The zero-order valence-corrected chi connectivity index (χ0v) is 12.9. The highest BCUT2D eigenvalue weighted by molar-refractivity contribution is 9.10. The summed E-state index contributed by atoms with van der Waals surface area (Å²) in [5.74, 6) is -0.155. The second-order valence-electron chi connectivity index (χ2n) is 4.44. The molecule has 0 saturated carbocycles. The van der Waals surface area contributed by atoms with Crippen molar-refractivity contribution in [3.8, 4) is 6.07 Å². The second-order valence-corrected chi connectivity index (χ2v) is 5.29. The highest BCUT2D eigenvalue weighted by Crippen LogP contribution is 2.23. The van der Waals surface area contributed by atoms with Gasteiger partial charge in [-0.05, 0) is 46.3 Å². The number of nitrogens with zero attached hydrogens (tertiary/aromatic N) is 2. The molecule has 2 N–H and O–H groups in total. The molecule has 0 fully saturated rings. The lowest BCUT2D eigenvalue weighted by Crippen LogP contribution is -2.31. The monoisotopic (exact) mass is 343 g/mol. The minimum absolute atomic E-state index is 0.155. The quantitative estimate of drug-likeness (QED) is 0.862. The van der Waals surface area contributed by atoms with E-state index in [9.17, 15) is 4.79 Å². The standard InChI is InChI=1S/C16H14BrN3O/c17-14-11-12(7-8-15(14)19)16(21)20(10-4-9-18)13-5-2-1-3-6-13/h1-3,5-8,11H,4,10,19H2. The number of carbonyl (C=O) groups excluding carboxylic acids is 1. The number of nitriles is 1. The summed E-state index contributed by atoms with van der Waals surface area (Å²) in [7, 11) is 0. The van der Waals surface area contributed by atoms with Crippen LogP contribution in [0, 0.1) is 11.3 Å². The summed E-state index contributed by atoms with van der Waals surface area (Å²) in [6, 6.07) is 16.4. The van der Waals surface area contributed by atoms with Crippen LogP contribution in [-0.4, -0.2) is 12.5 Å². The molecule has 0 atom stereocenters. The highest BCUT2D eigenvalue weighted by atomic mass is 79.9. The van der Waals surface area contributed by atoms with E-state index < -0.39 is 0 Å². The van der Waals surface area contributed by atoms with Crippen LogP contribution in [0.2, 0.25) is 0 Å². The largest absolute Gasteiger partial charge is 0.398 e. The molecule has 0 unspecified atom stereocenters. The van der Waals surface area contributed by atoms with Gasteiger partial charge in [-0.25, -0.2) is 0 Å². The normalized spacial score (nSPS) is 9.90. The lowest BCUT2D eigenvalue weighted by molar-refractivity contribution is 0.0987. The van der Waals surface area contributed by atoms with Gasteiger partial charge in [-0.3, -0.25) is 4.79 Å². The Balaban J connectivity index is 2.34. The van der Waals surface area contributed by atoms with Gasteiger partial charge in [0.2, 0.25) is 0 Å². The van der Waals surface area contributed by atoms with Gasteiger partial charge in [-0.2, -0.15) is 5.26 Å². The van der Waals surface area contributed by atoms with Gasteiger partial charge >= 0.3 is 0 Å². The minimum Gasteiger partial charge on any atom is -0.398 e. The van der Waals surface area contributed by atoms with Crippen LogP contribution in [-0.2, 0) is 0 Å². The van der Waals surface area contributed by atoms with Gasteiger partial charge in [0.1, 0.15) is 0 Å².